The van der Waals surface area contributed by atoms with Crippen LogP contribution in [0.25, 0.3) is 11.1 Å². The molecule has 0 aliphatic rings. The minimum Gasteiger partial charge on any atom is -0.490 e. The average Bonchev–Trinajstić information content (AvgIpc) is 2.83. The minimum absolute atomic E-state index is 0.172. The van der Waals surface area contributed by atoms with Crippen LogP contribution < -0.4 is 14.2 Å². The predicted octanol–water partition coefficient (Wildman–Crippen LogP) is 5.28. The van der Waals surface area contributed by atoms with Gasteiger partial charge in [0.1, 0.15) is 0 Å². The fourth-order valence-corrected chi connectivity index (χ4v) is 2.78. The molecule has 2 aromatic carbocycles. The first-order valence-corrected chi connectivity index (χ1v) is 11.1. The Morgan fingerprint density at radius 2 is 1.34 bits per heavy atom. The number of halogens is 1. The van der Waals surface area contributed by atoms with Crippen LogP contribution in [0.2, 0.25) is 0 Å². The van der Waals surface area contributed by atoms with Crippen LogP contribution in [0.4, 0.5) is 4.39 Å². The van der Waals surface area contributed by atoms with Crippen LogP contribution in [0.3, 0.4) is 0 Å². The molecule has 0 atom stereocenters. The molecule has 0 spiro atoms. The maximum atomic E-state index is 14.6. The molecule has 0 aliphatic carbocycles. The van der Waals surface area contributed by atoms with Gasteiger partial charge in [0.05, 0.1) is 19.8 Å². The van der Waals surface area contributed by atoms with E-state index in [-0.39, 0.29) is 24.5 Å². The van der Waals surface area contributed by atoms with Crippen molar-refractivity contribution in [2.45, 2.75) is 26.7 Å². The monoisotopic (exact) mass is 486 g/mol. The summed E-state index contributed by atoms with van der Waals surface area (Å²) in [4.78, 5) is 23.2. The standard InChI is InChI=1S/C27H31FO7/c1-18(2)26(29)34-15-7-14-33-25-17-21(9-11-24(25)32-13-6-12-31-5)20-8-10-23(22(28)16-20)35-27(30)19(3)4/h8-11,16-17H,1,3,6-7,12-15H2,2,4-5H3. The number of hydrogen-bond acceptors (Lipinski definition) is 7. The number of methoxy groups -OCH3 is 1. The highest BCUT2D eigenvalue weighted by atomic mass is 19.1. The highest BCUT2D eigenvalue weighted by Crippen LogP contribution is 2.34. The first-order valence-electron chi connectivity index (χ1n) is 11.1. The van der Waals surface area contributed by atoms with Crippen molar-refractivity contribution in [1.82, 2.24) is 0 Å². The van der Waals surface area contributed by atoms with Crippen LogP contribution in [0.1, 0.15) is 26.7 Å². The molecule has 0 aromatic heterocycles. The van der Waals surface area contributed by atoms with Crippen molar-refractivity contribution in [3.8, 4) is 28.4 Å². The highest BCUT2D eigenvalue weighted by Gasteiger charge is 2.14. The van der Waals surface area contributed by atoms with E-state index in [9.17, 15) is 14.0 Å². The molecule has 0 N–H and O–H groups in total. The molecule has 7 nitrogen and oxygen atoms in total. The third-order valence-electron chi connectivity index (χ3n) is 4.64. The van der Waals surface area contributed by atoms with E-state index in [1.165, 1.54) is 19.1 Å². The maximum Gasteiger partial charge on any atom is 0.338 e. The summed E-state index contributed by atoms with van der Waals surface area (Å²) >= 11 is 0. The lowest BCUT2D eigenvalue weighted by molar-refractivity contribution is -0.139. The van der Waals surface area contributed by atoms with Gasteiger partial charge in [0.2, 0.25) is 0 Å². The van der Waals surface area contributed by atoms with E-state index < -0.39 is 17.8 Å². The van der Waals surface area contributed by atoms with Gasteiger partial charge in [-0.15, -0.1) is 0 Å². The molecule has 8 heteroatoms. The second-order valence-corrected chi connectivity index (χ2v) is 7.79. The summed E-state index contributed by atoms with van der Waals surface area (Å²) in [6, 6.07) is 9.56. The average molecular weight is 487 g/mol. The van der Waals surface area contributed by atoms with E-state index in [0.717, 1.165) is 0 Å². The van der Waals surface area contributed by atoms with Gasteiger partial charge in [-0.1, -0.05) is 25.3 Å². The van der Waals surface area contributed by atoms with Crippen LogP contribution in [0.5, 0.6) is 17.2 Å². The molecule has 0 bridgehead atoms. The molecule has 0 fully saturated rings. The summed E-state index contributed by atoms with van der Waals surface area (Å²) in [6.07, 6.45) is 1.16. The lowest BCUT2D eigenvalue weighted by Crippen LogP contribution is -2.10. The Morgan fingerprint density at radius 1 is 0.771 bits per heavy atom. The zero-order valence-electron chi connectivity index (χ0n) is 20.4. The van der Waals surface area contributed by atoms with Gasteiger partial charge in [0.25, 0.3) is 0 Å². The topological polar surface area (TPSA) is 80.3 Å². The Kier molecular flexibility index (Phi) is 11.0. The molecule has 0 saturated heterocycles. The van der Waals surface area contributed by atoms with Gasteiger partial charge >= 0.3 is 11.9 Å². The smallest absolute Gasteiger partial charge is 0.338 e. The van der Waals surface area contributed by atoms with Crippen LogP contribution >= 0.6 is 0 Å². The Morgan fingerprint density at radius 3 is 1.94 bits per heavy atom. The number of ether oxygens (including phenoxy) is 5. The van der Waals surface area contributed by atoms with Crippen LogP contribution in [0.15, 0.2) is 60.7 Å². The van der Waals surface area contributed by atoms with Crippen molar-refractivity contribution in [2.24, 2.45) is 0 Å². The first kappa shape index (κ1) is 27.6. The lowest BCUT2D eigenvalue weighted by Gasteiger charge is -2.15. The highest BCUT2D eigenvalue weighted by molar-refractivity contribution is 5.89. The summed E-state index contributed by atoms with van der Waals surface area (Å²) in [5.41, 5.74) is 1.74. The van der Waals surface area contributed by atoms with Crippen molar-refractivity contribution in [2.75, 3.05) is 33.5 Å². The van der Waals surface area contributed by atoms with E-state index in [2.05, 4.69) is 13.2 Å². The zero-order valence-corrected chi connectivity index (χ0v) is 20.4. The van der Waals surface area contributed by atoms with E-state index in [1.54, 1.807) is 38.3 Å². The molecule has 188 valence electrons. The molecule has 0 aliphatic heterocycles. The maximum absolute atomic E-state index is 14.6. The molecule has 0 amide bonds. The van der Waals surface area contributed by atoms with E-state index in [0.29, 0.717) is 54.3 Å². The van der Waals surface area contributed by atoms with Crippen LogP contribution in [-0.2, 0) is 19.1 Å². The van der Waals surface area contributed by atoms with E-state index >= 15 is 0 Å². The van der Waals surface area contributed by atoms with Crippen molar-refractivity contribution < 1.29 is 37.7 Å². The van der Waals surface area contributed by atoms with Crippen LogP contribution in [0, 0.1) is 5.82 Å². The molecule has 0 radical (unpaired) electrons. The third-order valence-corrected chi connectivity index (χ3v) is 4.64. The minimum atomic E-state index is -0.698. The van der Waals surface area contributed by atoms with Gasteiger partial charge in [-0.05, 0) is 49.2 Å². The summed E-state index contributed by atoms with van der Waals surface area (Å²) in [6.45, 7) is 11.5. The molecule has 0 heterocycles. The Hall–Kier alpha value is -3.65. The number of rotatable bonds is 14. The summed E-state index contributed by atoms with van der Waals surface area (Å²) in [5, 5.41) is 0. The van der Waals surface area contributed by atoms with E-state index in [4.69, 9.17) is 23.7 Å². The normalized spacial score (nSPS) is 10.4. The number of esters is 2. The van der Waals surface area contributed by atoms with Gasteiger partial charge in [-0.25, -0.2) is 14.0 Å². The van der Waals surface area contributed by atoms with E-state index in [1.807, 2.05) is 0 Å². The molecule has 2 rings (SSSR count). The molecule has 2 aromatic rings. The molecular formula is C27H31FO7. The SMILES string of the molecule is C=C(C)C(=O)OCCCOc1cc(-c2ccc(OC(=O)C(=C)C)c(F)c2)ccc1OCCCOC. The Labute approximate surface area is 205 Å². The second-order valence-electron chi connectivity index (χ2n) is 7.79. The first-order chi connectivity index (χ1) is 16.7. The molecule has 0 saturated carbocycles. The molecule has 0 unspecified atom stereocenters. The zero-order chi connectivity index (χ0) is 25.8. The predicted molar refractivity (Wildman–Crippen MR) is 130 cm³/mol. The summed E-state index contributed by atoms with van der Waals surface area (Å²) in [7, 11) is 1.62. The number of benzene rings is 2. The fourth-order valence-electron chi connectivity index (χ4n) is 2.78. The van der Waals surface area contributed by atoms with Crippen molar-refractivity contribution in [3.05, 3.63) is 66.5 Å². The molecule has 35 heavy (non-hydrogen) atoms. The van der Waals surface area contributed by atoms with Crippen molar-refractivity contribution >= 4 is 11.9 Å². The summed E-state index contributed by atoms with van der Waals surface area (Å²) < 4.78 is 41.4. The lowest BCUT2D eigenvalue weighted by atomic mass is 10.0. The van der Waals surface area contributed by atoms with Gasteiger partial charge in [0, 0.05) is 37.7 Å². The number of carbonyl (C=O) groups is 2. The second kappa shape index (κ2) is 13.9. The Bertz CT molecular complexity index is 1060. The van der Waals surface area contributed by atoms with Crippen molar-refractivity contribution in [3.63, 3.8) is 0 Å². The van der Waals surface area contributed by atoms with Gasteiger partial charge in [-0.3, -0.25) is 0 Å². The van der Waals surface area contributed by atoms with Crippen LogP contribution in [-0.4, -0.2) is 45.5 Å². The Balaban J connectivity index is 2.15. The van der Waals surface area contributed by atoms with Gasteiger partial charge in [-0.2, -0.15) is 0 Å². The summed E-state index contributed by atoms with van der Waals surface area (Å²) in [5.74, 6) is -1.02. The largest absolute Gasteiger partial charge is 0.490 e. The molecular weight excluding hydrogens is 455 g/mol. The third kappa shape index (κ3) is 8.90. The number of carbonyl (C=O) groups excluding carboxylic acids is 2. The van der Waals surface area contributed by atoms with Gasteiger partial charge in [0.15, 0.2) is 23.1 Å². The quantitative estimate of drug-likeness (QED) is 0.156. The van der Waals surface area contributed by atoms with Gasteiger partial charge < -0.3 is 23.7 Å². The van der Waals surface area contributed by atoms with Crippen molar-refractivity contribution in [1.29, 1.82) is 0 Å². The fraction of sp³-hybridized carbons (Fsp3) is 0.333. The number of hydrogen-bond donors (Lipinski definition) is 0.